The molecule has 0 aliphatic rings. The molecule has 0 saturated heterocycles. The van der Waals surface area contributed by atoms with Gasteiger partial charge in [-0.15, -0.1) is 11.3 Å². The third-order valence-electron chi connectivity index (χ3n) is 2.26. The fraction of sp³-hybridized carbons (Fsp3) is 0.200. The Bertz CT molecular complexity index is 668. The van der Waals surface area contributed by atoms with Gasteiger partial charge in [0.25, 0.3) is 5.91 Å². The van der Waals surface area contributed by atoms with Crippen LogP contribution in [0.15, 0.2) is 4.52 Å². The molecule has 5 N–H and O–H groups in total. The zero-order valence-corrected chi connectivity index (χ0v) is 10.7. The molecular formula is C10H10N6O2S. The molecule has 0 saturated carbocycles. The summed E-state index contributed by atoms with van der Waals surface area (Å²) >= 11 is 1.05. The quantitative estimate of drug-likeness (QED) is 0.742. The van der Waals surface area contributed by atoms with E-state index in [1.807, 2.05) is 6.07 Å². The van der Waals surface area contributed by atoms with Crippen LogP contribution in [0.4, 0.5) is 10.7 Å². The lowest BCUT2D eigenvalue weighted by molar-refractivity contribution is 0.100. The second-order valence-electron chi connectivity index (χ2n) is 3.61. The molecule has 0 unspecified atom stereocenters. The van der Waals surface area contributed by atoms with Crippen molar-refractivity contribution in [2.75, 3.05) is 11.1 Å². The van der Waals surface area contributed by atoms with Gasteiger partial charge in [-0.25, -0.2) is 0 Å². The predicted molar refractivity (Wildman–Crippen MR) is 68.3 cm³/mol. The summed E-state index contributed by atoms with van der Waals surface area (Å²) in [6, 6.07) is 1.91. The Morgan fingerprint density at radius 3 is 2.89 bits per heavy atom. The third kappa shape index (κ3) is 2.48. The van der Waals surface area contributed by atoms with E-state index in [9.17, 15) is 4.79 Å². The van der Waals surface area contributed by atoms with Gasteiger partial charge in [0.05, 0.1) is 17.8 Å². The number of carbonyl (C=O) groups excluding carboxylic acids is 1. The first-order valence-corrected chi connectivity index (χ1v) is 5.99. The summed E-state index contributed by atoms with van der Waals surface area (Å²) in [5.74, 6) is 0.174. The lowest BCUT2D eigenvalue weighted by atomic mass is 10.2. The summed E-state index contributed by atoms with van der Waals surface area (Å²) in [7, 11) is 0. The summed E-state index contributed by atoms with van der Waals surface area (Å²) in [5.41, 5.74) is 11.1. The fourth-order valence-electron chi connectivity index (χ4n) is 1.46. The molecule has 0 bridgehead atoms. The van der Waals surface area contributed by atoms with E-state index in [0.717, 1.165) is 11.3 Å². The Morgan fingerprint density at radius 1 is 1.63 bits per heavy atom. The molecule has 0 fully saturated rings. The van der Waals surface area contributed by atoms with Crippen LogP contribution in [-0.4, -0.2) is 16.0 Å². The van der Waals surface area contributed by atoms with Crippen molar-refractivity contribution in [3.63, 3.8) is 0 Å². The van der Waals surface area contributed by atoms with E-state index in [1.54, 1.807) is 6.92 Å². The Balaban J connectivity index is 2.25. The monoisotopic (exact) mass is 278 g/mol. The van der Waals surface area contributed by atoms with Crippen molar-refractivity contribution in [1.29, 1.82) is 5.26 Å². The highest BCUT2D eigenvalue weighted by atomic mass is 32.1. The van der Waals surface area contributed by atoms with Crippen molar-refractivity contribution in [3.8, 4) is 6.07 Å². The number of nitrogens with zero attached hydrogens (tertiary/aromatic N) is 3. The van der Waals surface area contributed by atoms with Crippen LogP contribution in [0.1, 0.15) is 27.0 Å². The zero-order valence-electron chi connectivity index (χ0n) is 9.93. The molecule has 2 heterocycles. The predicted octanol–water partition coefficient (Wildman–Crippen LogP) is 0.604. The number of hydrogen-bond donors (Lipinski definition) is 3. The van der Waals surface area contributed by atoms with Crippen LogP contribution in [0.2, 0.25) is 0 Å². The first-order valence-electron chi connectivity index (χ1n) is 5.18. The molecule has 0 radical (unpaired) electrons. The molecular weight excluding hydrogens is 268 g/mol. The number of hydrogen-bond acceptors (Lipinski definition) is 8. The molecule has 2 aromatic heterocycles. The highest BCUT2D eigenvalue weighted by molar-refractivity contribution is 7.17. The number of aromatic nitrogens is 2. The molecule has 8 nitrogen and oxygen atoms in total. The van der Waals surface area contributed by atoms with Gasteiger partial charge in [-0.2, -0.15) is 10.2 Å². The molecule has 98 valence electrons. The summed E-state index contributed by atoms with van der Waals surface area (Å²) < 4.78 is 4.92. The second kappa shape index (κ2) is 4.95. The van der Waals surface area contributed by atoms with E-state index in [-0.39, 0.29) is 22.7 Å². The van der Waals surface area contributed by atoms with E-state index in [2.05, 4.69) is 15.5 Å². The van der Waals surface area contributed by atoms with E-state index < -0.39 is 5.91 Å². The Kier molecular flexibility index (Phi) is 3.35. The van der Waals surface area contributed by atoms with Gasteiger partial charge in [0.2, 0.25) is 5.89 Å². The molecule has 2 rings (SSSR count). The van der Waals surface area contributed by atoms with Crippen LogP contribution < -0.4 is 16.8 Å². The number of amides is 1. The van der Waals surface area contributed by atoms with Crippen molar-refractivity contribution in [3.05, 3.63) is 22.2 Å². The normalized spacial score (nSPS) is 10.1. The molecule has 19 heavy (non-hydrogen) atoms. The molecule has 0 aromatic carbocycles. The lowest BCUT2D eigenvalue weighted by Crippen LogP contribution is -2.14. The van der Waals surface area contributed by atoms with Gasteiger partial charge in [-0.1, -0.05) is 5.16 Å². The number of nitrogen functional groups attached to an aromatic ring is 1. The summed E-state index contributed by atoms with van der Waals surface area (Å²) in [4.78, 5) is 15.6. The highest BCUT2D eigenvalue weighted by Crippen LogP contribution is 2.34. The minimum atomic E-state index is -0.695. The van der Waals surface area contributed by atoms with Crippen molar-refractivity contribution in [2.24, 2.45) is 5.73 Å². The standard InChI is InChI=1S/C10H10N6O2S/c1-4-15-6(18-16-4)3-14-10-7(9(13)17)8(12)5(2-11)19-10/h14H,3,12H2,1H3,(H2,13,17). The van der Waals surface area contributed by atoms with Gasteiger partial charge < -0.3 is 21.3 Å². The largest absolute Gasteiger partial charge is 0.396 e. The number of rotatable bonds is 4. The van der Waals surface area contributed by atoms with E-state index >= 15 is 0 Å². The Hall–Kier alpha value is -2.60. The van der Waals surface area contributed by atoms with Crippen molar-refractivity contribution >= 4 is 27.9 Å². The van der Waals surface area contributed by atoms with Crippen LogP contribution in [0, 0.1) is 18.3 Å². The fourth-order valence-corrected chi connectivity index (χ4v) is 2.38. The van der Waals surface area contributed by atoms with Crippen LogP contribution in [0.5, 0.6) is 0 Å². The maximum Gasteiger partial charge on any atom is 0.253 e. The first-order chi connectivity index (χ1) is 9.02. The SMILES string of the molecule is Cc1noc(CNc2sc(C#N)c(N)c2C(N)=O)n1. The number of aryl methyl sites for hydroxylation is 1. The summed E-state index contributed by atoms with van der Waals surface area (Å²) in [6.45, 7) is 1.91. The number of nitrogens with two attached hydrogens (primary N) is 2. The molecule has 0 aliphatic heterocycles. The van der Waals surface area contributed by atoms with E-state index in [4.69, 9.17) is 21.3 Å². The average Bonchev–Trinajstić information content (AvgIpc) is 2.90. The minimum Gasteiger partial charge on any atom is -0.396 e. The molecule has 0 spiro atoms. The van der Waals surface area contributed by atoms with Crippen LogP contribution >= 0.6 is 11.3 Å². The molecule has 0 aliphatic carbocycles. The van der Waals surface area contributed by atoms with Crippen LogP contribution in [0.3, 0.4) is 0 Å². The van der Waals surface area contributed by atoms with Crippen molar-refractivity contribution in [2.45, 2.75) is 13.5 Å². The number of carbonyl (C=O) groups is 1. The van der Waals surface area contributed by atoms with Gasteiger partial charge in [-0.05, 0) is 6.92 Å². The molecule has 9 heteroatoms. The van der Waals surface area contributed by atoms with Gasteiger partial charge >= 0.3 is 0 Å². The van der Waals surface area contributed by atoms with Crippen molar-refractivity contribution in [1.82, 2.24) is 10.1 Å². The van der Waals surface area contributed by atoms with E-state index in [1.165, 1.54) is 0 Å². The van der Waals surface area contributed by atoms with Crippen LogP contribution in [0.25, 0.3) is 0 Å². The van der Waals surface area contributed by atoms with Gasteiger partial charge in [-0.3, -0.25) is 4.79 Å². The molecule has 2 aromatic rings. The second-order valence-corrected chi connectivity index (χ2v) is 4.63. The van der Waals surface area contributed by atoms with E-state index in [0.29, 0.717) is 16.7 Å². The number of nitriles is 1. The molecule has 0 atom stereocenters. The lowest BCUT2D eigenvalue weighted by Gasteiger charge is -2.02. The highest BCUT2D eigenvalue weighted by Gasteiger charge is 2.20. The maximum atomic E-state index is 11.3. The average molecular weight is 278 g/mol. The number of primary amides is 1. The minimum absolute atomic E-state index is 0.0872. The number of nitrogens with one attached hydrogen (secondary N) is 1. The van der Waals surface area contributed by atoms with Gasteiger partial charge in [0.15, 0.2) is 5.82 Å². The smallest absolute Gasteiger partial charge is 0.253 e. The zero-order chi connectivity index (χ0) is 14.0. The number of anilines is 2. The Labute approximate surface area is 112 Å². The number of thiophene rings is 1. The topological polar surface area (TPSA) is 144 Å². The summed E-state index contributed by atoms with van der Waals surface area (Å²) in [6.07, 6.45) is 0. The molecule has 1 amide bonds. The maximum absolute atomic E-state index is 11.3. The first kappa shape index (κ1) is 12.8. The Morgan fingerprint density at radius 2 is 2.37 bits per heavy atom. The van der Waals surface area contributed by atoms with Gasteiger partial charge in [0, 0.05) is 0 Å². The summed E-state index contributed by atoms with van der Waals surface area (Å²) in [5, 5.41) is 15.8. The van der Waals surface area contributed by atoms with Crippen LogP contribution in [-0.2, 0) is 6.54 Å². The third-order valence-corrected chi connectivity index (χ3v) is 3.33. The van der Waals surface area contributed by atoms with Crippen molar-refractivity contribution < 1.29 is 9.32 Å². The van der Waals surface area contributed by atoms with Gasteiger partial charge in [0.1, 0.15) is 15.9 Å².